The molecule has 1 aromatic heterocycles. The molecule has 0 unspecified atom stereocenters. The van der Waals surface area contributed by atoms with Gasteiger partial charge < -0.3 is 4.52 Å². The molecule has 1 rings (SSSR count). The van der Waals surface area contributed by atoms with Gasteiger partial charge in [-0.2, -0.15) is 0 Å². The Labute approximate surface area is 50.9 Å². The summed E-state index contributed by atoms with van der Waals surface area (Å²) in [6.07, 6.45) is 0. The molecule has 5 nitrogen and oxygen atoms in total. The molecule has 0 aliphatic rings. The van der Waals surface area contributed by atoms with Crippen LogP contribution in [0.25, 0.3) is 10.4 Å². The zero-order valence-electron chi connectivity index (χ0n) is 4.77. The Hall–Kier alpha value is -1.48. The lowest BCUT2D eigenvalue weighted by atomic mass is 10.5. The van der Waals surface area contributed by atoms with Gasteiger partial charge in [0.05, 0.1) is 5.69 Å². The van der Waals surface area contributed by atoms with Gasteiger partial charge in [0, 0.05) is 11.0 Å². The highest BCUT2D eigenvalue weighted by atomic mass is 16.5. The minimum Gasteiger partial charge on any atom is -0.354 e. The van der Waals surface area contributed by atoms with Crippen molar-refractivity contribution in [2.75, 3.05) is 0 Å². The molecule has 0 amide bonds. The van der Waals surface area contributed by atoms with Crippen LogP contribution in [0, 0.1) is 6.92 Å². The Morgan fingerprint density at radius 1 is 1.89 bits per heavy atom. The largest absolute Gasteiger partial charge is 0.354 e. The van der Waals surface area contributed by atoms with E-state index in [1.54, 1.807) is 13.0 Å². The molecule has 0 spiro atoms. The third kappa shape index (κ3) is 1.20. The van der Waals surface area contributed by atoms with Crippen LogP contribution in [-0.2, 0) is 0 Å². The summed E-state index contributed by atoms with van der Waals surface area (Å²) in [6.45, 7) is 1.75. The fraction of sp³-hybridized carbons (Fsp3) is 0.250. The molecule has 46 valence electrons. The maximum Gasteiger partial charge on any atom is 0.223 e. The fourth-order valence-corrected chi connectivity index (χ4v) is 0.441. The summed E-state index contributed by atoms with van der Waals surface area (Å²) in [4.78, 5) is 2.51. The molecule has 0 N–H and O–H groups in total. The summed E-state index contributed by atoms with van der Waals surface area (Å²) in [5.74, 6) is 0.204. The molecule has 1 heterocycles. The zero-order chi connectivity index (χ0) is 6.69. The molecule has 9 heavy (non-hydrogen) atoms. The average molecular weight is 124 g/mol. The Morgan fingerprint density at radius 3 is 3.11 bits per heavy atom. The first kappa shape index (κ1) is 5.65. The standard InChI is InChI=1S/C4H4N4O/c1-3-2-4(6-8-5)9-7-3/h2H,1H3. The predicted octanol–water partition coefficient (Wildman–Crippen LogP) is 1.92. The van der Waals surface area contributed by atoms with E-state index < -0.39 is 0 Å². The van der Waals surface area contributed by atoms with Crippen molar-refractivity contribution >= 4 is 5.88 Å². The van der Waals surface area contributed by atoms with Crippen molar-refractivity contribution in [1.29, 1.82) is 0 Å². The molecule has 0 radical (unpaired) electrons. The summed E-state index contributed by atoms with van der Waals surface area (Å²) >= 11 is 0. The van der Waals surface area contributed by atoms with Crippen molar-refractivity contribution in [3.05, 3.63) is 22.2 Å². The second-order valence-electron chi connectivity index (χ2n) is 1.50. The highest BCUT2D eigenvalue weighted by molar-refractivity contribution is 5.22. The first-order valence-corrected chi connectivity index (χ1v) is 2.31. The van der Waals surface area contributed by atoms with E-state index in [0.29, 0.717) is 5.69 Å². The number of hydrogen-bond acceptors (Lipinski definition) is 3. The van der Waals surface area contributed by atoms with Crippen molar-refractivity contribution in [3.63, 3.8) is 0 Å². The first-order chi connectivity index (χ1) is 4.33. The highest BCUT2D eigenvalue weighted by Crippen LogP contribution is 2.11. The third-order valence-electron chi connectivity index (χ3n) is 0.759. The van der Waals surface area contributed by atoms with Gasteiger partial charge >= 0.3 is 0 Å². The molecule has 5 heteroatoms. The number of aryl methyl sites for hydroxylation is 1. The minimum absolute atomic E-state index is 0.204. The molecule has 0 aliphatic carbocycles. The van der Waals surface area contributed by atoms with E-state index in [1.807, 2.05) is 0 Å². The normalized spacial score (nSPS) is 8.56. The molecule has 1 aromatic rings. The van der Waals surface area contributed by atoms with Gasteiger partial charge in [0.2, 0.25) is 5.88 Å². The lowest BCUT2D eigenvalue weighted by molar-refractivity contribution is 0.424. The van der Waals surface area contributed by atoms with Crippen LogP contribution in [0.15, 0.2) is 15.7 Å². The van der Waals surface area contributed by atoms with Crippen LogP contribution in [0.4, 0.5) is 5.88 Å². The first-order valence-electron chi connectivity index (χ1n) is 2.31. The smallest absolute Gasteiger partial charge is 0.223 e. The SMILES string of the molecule is Cc1cc(N=[N+]=[N-])on1. The lowest BCUT2D eigenvalue weighted by Crippen LogP contribution is -1.59. The molecule has 0 aliphatic heterocycles. The van der Waals surface area contributed by atoms with E-state index in [-0.39, 0.29) is 5.88 Å². The second-order valence-corrected chi connectivity index (χ2v) is 1.50. The Bertz CT molecular complexity index is 247. The minimum atomic E-state index is 0.204. The number of rotatable bonds is 1. The molecule has 0 fully saturated rings. The van der Waals surface area contributed by atoms with Crippen LogP contribution in [-0.4, -0.2) is 5.16 Å². The van der Waals surface area contributed by atoms with Gasteiger partial charge in [-0.25, -0.2) is 0 Å². The zero-order valence-corrected chi connectivity index (χ0v) is 4.77. The van der Waals surface area contributed by atoms with Crippen LogP contribution >= 0.6 is 0 Å². The maximum atomic E-state index is 7.90. The van der Waals surface area contributed by atoms with Gasteiger partial charge in [-0.1, -0.05) is 5.16 Å². The second kappa shape index (κ2) is 2.19. The molecule has 0 saturated heterocycles. The Kier molecular flexibility index (Phi) is 1.38. The van der Waals surface area contributed by atoms with E-state index in [1.165, 1.54) is 0 Å². The summed E-state index contributed by atoms with van der Waals surface area (Å²) < 4.78 is 4.53. The van der Waals surface area contributed by atoms with Crippen LogP contribution < -0.4 is 0 Å². The van der Waals surface area contributed by atoms with Gasteiger partial charge in [0.1, 0.15) is 0 Å². The number of aromatic nitrogens is 1. The van der Waals surface area contributed by atoms with E-state index >= 15 is 0 Å². The molecule has 0 saturated carbocycles. The fourth-order valence-electron chi connectivity index (χ4n) is 0.441. The number of hydrogen-bond donors (Lipinski definition) is 0. The summed E-state index contributed by atoms with van der Waals surface area (Å²) in [7, 11) is 0. The average Bonchev–Trinajstić information content (AvgIpc) is 2.17. The van der Waals surface area contributed by atoms with Gasteiger partial charge in [0.25, 0.3) is 0 Å². The molecule has 0 bridgehead atoms. The molecule has 0 atom stereocenters. The van der Waals surface area contributed by atoms with Crippen molar-refractivity contribution in [3.8, 4) is 0 Å². The number of nitrogens with zero attached hydrogens (tertiary/aromatic N) is 4. The van der Waals surface area contributed by atoms with Crippen LogP contribution in [0.1, 0.15) is 5.69 Å². The summed E-state index contributed by atoms with van der Waals surface area (Å²) in [5, 5.41) is 6.67. The van der Waals surface area contributed by atoms with E-state index in [9.17, 15) is 0 Å². The summed E-state index contributed by atoms with van der Waals surface area (Å²) in [5.41, 5.74) is 8.61. The topological polar surface area (TPSA) is 74.8 Å². The van der Waals surface area contributed by atoms with Crippen molar-refractivity contribution in [1.82, 2.24) is 5.16 Å². The molecular weight excluding hydrogens is 120 g/mol. The van der Waals surface area contributed by atoms with E-state index in [4.69, 9.17) is 5.53 Å². The Balaban J connectivity index is 2.97. The van der Waals surface area contributed by atoms with Gasteiger partial charge in [-0.05, 0) is 17.6 Å². The van der Waals surface area contributed by atoms with Crippen LogP contribution in [0.3, 0.4) is 0 Å². The maximum absolute atomic E-state index is 7.90. The van der Waals surface area contributed by atoms with Crippen LogP contribution in [0.2, 0.25) is 0 Å². The van der Waals surface area contributed by atoms with Gasteiger partial charge in [-0.3, -0.25) is 0 Å². The third-order valence-corrected chi connectivity index (χ3v) is 0.759. The quantitative estimate of drug-likeness (QED) is 0.326. The summed E-state index contributed by atoms with van der Waals surface area (Å²) in [6, 6.07) is 1.56. The van der Waals surface area contributed by atoms with Crippen molar-refractivity contribution in [2.45, 2.75) is 6.92 Å². The highest BCUT2D eigenvalue weighted by Gasteiger charge is 1.93. The van der Waals surface area contributed by atoms with Crippen molar-refractivity contribution in [2.24, 2.45) is 5.11 Å². The van der Waals surface area contributed by atoms with E-state index in [2.05, 4.69) is 19.7 Å². The molecular formula is C4H4N4O. The predicted molar refractivity (Wildman–Crippen MR) is 30.0 cm³/mol. The molecule has 0 aromatic carbocycles. The lowest BCUT2D eigenvalue weighted by Gasteiger charge is -1.68. The van der Waals surface area contributed by atoms with Crippen molar-refractivity contribution < 1.29 is 4.52 Å². The van der Waals surface area contributed by atoms with Crippen LogP contribution in [0.5, 0.6) is 0 Å². The van der Waals surface area contributed by atoms with Gasteiger partial charge in [-0.15, -0.1) is 0 Å². The number of azide groups is 1. The Morgan fingerprint density at radius 2 is 2.67 bits per heavy atom. The van der Waals surface area contributed by atoms with E-state index in [0.717, 1.165) is 0 Å². The monoisotopic (exact) mass is 124 g/mol. The van der Waals surface area contributed by atoms with Gasteiger partial charge in [0.15, 0.2) is 0 Å².